The van der Waals surface area contributed by atoms with Gasteiger partial charge >= 0.3 is 12.1 Å². The van der Waals surface area contributed by atoms with Gasteiger partial charge < -0.3 is 28.5 Å². The third kappa shape index (κ3) is 8.49. The van der Waals surface area contributed by atoms with Gasteiger partial charge in [0.05, 0.1) is 39.0 Å². The number of amides is 1. The fraction of sp³-hybridized carbons (Fsp3) is 0.366. The number of likely N-dealkylation sites (tertiary alicyclic amines) is 1. The summed E-state index contributed by atoms with van der Waals surface area (Å²) in [5.41, 5.74) is 0.940. The number of ether oxygens (including phenoxy) is 4. The van der Waals surface area contributed by atoms with Gasteiger partial charge in [-0.1, -0.05) is 112 Å². The molecule has 276 valence electrons. The maximum atomic E-state index is 16.0. The molecule has 1 unspecified atom stereocenters. The van der Waals surface area contributed by atoms with Gasteiger partial charge in [0.1, 0.15) is 24.0 Å². The highest BCUT2D eigenvalue weighted by molar-refractivity contribution is 6.99. The predicted molar refractivity (Wildman–Crippen MR) is 200 cm³/mol. The number of benzene rings is 4. The van der Waals surface area contributed by atoms with Crippen LogP contribution in [0.4, 0.5) is 9.18 Å². The molecule has 3 atom stereocenters. The van der Waals surface area contributed by atoms with Crippen molar-refractivity contribution >= 4 is 30.8 Å². The summed E-state index contributed by atoms with van der Waals surface area (Å²) in [6, 6.07) is 30.8. The van der Waals surface area contributed by atoms with Crippen LogP contribution in [-0.2, 0) is 20.5 Å². The van der Waals surface area contributed by atoms with Crippen LogP contribution in [0.3, 0.4) is 0 Å². The van der Waals surface area contributed by atoms with Gasteiger partial charge in [-0.05, 0) is 52.9 Å². The zero-order chi connectivity index (χ0) is 37.5. The molecule has 11 heteroatoms. The Bertz CT molecular complexity index is 1760. The van der Waals surface area contributed by atoms with Gasteiger partial charge in [-0.15, -0.1) is 0 Å². The number of carbonyl (C=O) groups is 2. The highest BCUT2D eigenvalue weighted by atomic mass is 28.4. The molecule has 0 saturated carbocycles. The molecule has 0 aromatic heterocycles. The molecule has 5 rings (SSSR count). The Labute approximate surface area is 306 Å². The first-order chi connectivity index (χ1) is 24.9. The number of rotatable bonds is 14. The average molecular weight is 730 g/mol. The topological polar surface area (TPSA) is 104 Å². The Morgan fingerprint density at radius 2 is 1.54 bits per heavy atom. The second-order valence-corrected chi connectivity index (χ2v) is 18.5. The van der Waals surface area contributed by atoms with Gasteiger partial charge in [0, 0.05) is 0 Å². The van der Waals surface area contributed by atoms with Gasteiger partial charge in [0.25, 0.3) is 8.32 Å². The van der Waals surface area contributed by atoms with Crippen molar-refractivity contribution < 1.29 is 42.5 Å². The van der Waals surface area contributed by atoms with Gasteiger partial charge in [0.15, 0.2) is 11.6 Å². The molecule has 1 N–H and O–H groups in total. The number of halogens is 1. The average Bonchev–Trinajstić information content (AvgIpc) is 3.56. The van der Waals surface area contributed by atoms with Crippen LogP contribution in [0, 0.1) is 12.7 Å². The Morgan fingerprint density at radius 3 is 2.08 bits per heavy atom. The second-order valence-electron chi connectivity index (χ2n) is 14.2. The molecular formula is C41H48FNO8Si. The molecule has 1 saturated heterocycles. The monoisotopic (exact) mass is 729 g/mol. The molecule has 4 aromatic carbocycles. The number of carbonyl (C=O) groups excluding carboxylic acids is 1. The first kappa shape index (κ1) is 38.5. The normalized spacial score (nSPS) is 16.7. The van der Waals surface area contributed by atoms with Crippen LogP contribution < -0.4 is 19.8 Å². The van der Waals surface area contributed by atoms with E-state index in [1.807, 2.05) is 66.7 Å². The lowest BCUT2D eigenvalue weighted by atomic mass is 10.1. The minimum Gasteiger partial charge on any atom is -0.490 e. The molecule has 1 fully saturated rings. The van der Waals surface area contributed by atoms with Crippen molar-refractivity contribution in [3.8, 4) is 11.5 Å². The van der Waals surface area contributed by atoms with Crippen LogP contribution in [0.15, 0.2) is 97.1 Å². The van der Waals surface area contributed by atoms with Crippen molar-refractivity contribution in [2.75, 3.05) is 26.9 Å². The summed E-state index contributed by atoms with van der Waals surface area (Å²) in [6.07, 6.45) is -1.78. The molecule has 1 amide bonds. The molecule has 0 bridgehead atoms. The summed E-state index contributed by atoms with van der Waals surface area (Å²) in [7, 11) is -1.74. The summed E-state index contributed by atoms with van der Waals surface area (Å²) in [5, 5.41) is 11.8. The van der Waals surface area contributed by atoms with E-state index in [4.69, 9.17) is 23.4 Å². The van der Waals surface area contributed by atoms with E-state index in [-0.39, 0.29) is 53.5 Å². The summed E-state index contributed by atoms with van der Waals surface area (Å²) in [5.74, 6) is -1.87. The van der Waals surface area contributed by atoms with Crippen LogP contribution in [0.5, 0.6) is 11.5 Å². The summed E-state index contributed by atoms with van der Waals surface area (Å²) >= 11 is 0. The minimum atomic E-state index is -2.93. The number of carboxylic acid groups (broad SMARTS) is 1. The quantitative estimate of drug-likeness (QED) is 0.110. The predicted octanol–water partition coefficient (Wildman–Crippen LogP) is 6.98. The highest BCUT2D eigenvalue weighted by Gasteiger charge is 2.50. The number of esters is 1. The lowest BCUT2D eigenvalue weighted by Crippen LogP contribution is -2.67. The lowest BCUT2D eigenvalue weighted by molar-refractivity contribution is 0.0464. The third-order valence-electron chi connectivity index (χ3n) is 9.41. The molecule has 1 aliphatic rings. The Morgan fingerprint density at radius 1 is 0.962 bits per heavy atom. The molecule has 52 heavy (non-hydrogen) atoms. The maximum absolute atomic E-state index is 16.0. The van der Waals surface area contributed by atoms with Crippen molar-refractivity contribution in [3.63, 3.8) is 0 Å². The van der Waals surface area contributed by atoms with E-state index in [2.05, 4.69) is 45.0 Å². The second kappa shape index (κ2) is 16.7. The summed E-state index contributed by atoms with van der Waals surface area (Å²) in [4.78, 5) is 26.7. The number of aryl methyl sites for hydroxylation is 1. The molecule has 9 nitrogen and oxygen atoms in total. The van der Waals surface area contributed by atoms with Crippen molar-refractivity contribution in [1.29, 1.82) is 0 Å². The van der Waals surface area contributed by atoms with Crippen molar-refractivity contribution in [1.82, 2.24) is 4.90 Å². The Kier molecular flexibility index (Phi) is 12.4. The fourth-order valence-corrected chi connectivity index (χ4v) is 11.5. The molecule has 0 spiro atoms. The van der Waals surface area contributed by atoms with Crippen LogP contribution in [0.1, 0.15) is 55.6 Å². The van der Waals surface area contributed by atoms with E-state index in [0.717, 1.165) is 15.9 Å². The van der Waals surface area contributed by atoms with E-state index >= 15 is 4.39 Å². The van der Waals surface area contributed by atoms with Crippen molar-refractivity contribution in [2.24, 2.45) is 0 Å². The Balaban J connectivity index is 1.38. The van der Waals surface area contributed by atoms with Crippen LogP contribution >= 0.6 is 0 Å². The zero-order valence-corrected chi connectivity index (χ0v) is 31.6. The third-order valence-corrected chi connectivity index (χ3v) is 14.4. The SMILES string of the molecule is COC(=O)c1c(OC[C@H]2C[C@H](OCc3ccccc3)CN2C(=O)O)cc(C)c(F)c1OC(C)CO[Si](c1ccccc1)(c1ccccc1)C(C)(C)C. The lowest BCUT2D eigenvalue weighted by Gasteiger charge is -2.43. The van der Waals surface area contributed by atoms with E-state index in [0.29, 0.717) is 13.0 Å². The van der Waals surface area contributed by atoms with E-state index in [9.17, 15) is 14.7 Å². The molecule has 0 aliphatic carbocycles. The molecule has 0 radical (unpaired) electrons. The van der Waals surface area contributed by atoms with E-state index < -0.39 is 38.3 Å². The first-order valence-electron chi connectivity index (χ1n) is 17.5. The highest BCUT2D eigenvalue weighted by Crippen LogP contribution is 2.39. The largest absolute Gasteiger partial charge is 0.490 e. The fourth-order valence-electron chi connectivity index (χ4n) is 6.85. The molecule has 1 aliphatic heterocycles. The van der Waals surface area contributed by atoms with Gasteiger partial charge in [-0.2, -0.15) is 0 Å². The van der Waals surface area contributed by atoms with E-state index in [1.165, 1.54) is 18.1 Å². The van der Waals surface area contributed by atoms with Gasteiger partial charge in [0.2, 0.25) is 0 Å². The number of methoxy groups -OCH3 is 1. The summed E-state index contributed by atoms with van der Waals surface area (Å²) < 4.78 is 46.5. The zero-order valence-electron chi connectivity index (χ0n) is 30.6. The standard InChI is InChI=1S/C41H48FNO8Si/c1-28-22-35(49-27-31-23-32(24-43(31)40(45)46)48-26-30-16-10-7-11-17-30)36(39(44)47-6)38(37(28)42)51-29(2)25-50-52(41(3,4)5,33-18-12-8-13-19-33)34-20-14-9-15-21-34/h7-22,29,31-32H,23-27H2,1-6H3,(H,45,46)/t29?,31-,32+/m1/s1. The van der Waals surface area contributed by atoms with Gasteiger partial charge in [-0.3, -0.25) is 4.90 Å². The van der Waals surface area contributed by atoms with Crippen LogP contribution in [0.2, 0.25) is 5.04 Å². The molecule has 1 heterocycles. The van der Waals surface area contributed by atoms with E-state index in [1.54, 1.807) is 13.8 Å². The number of hydrogen-bond donors (Lipinski definition) is 1. The smallest absolute Gasteiger partial charge is 0.407 e. The number of hydrogen-bond acceptors (Lipinski definition) is 7. The maximum Gasteiger partial charge on any atom is 0.407 e. The van der Waals surface area contributed by atoms with Crippen molar-refractivity contribution in [2.45, 2.75) is 70.9 Å². The number of nitrogens with zero attached hydrogens (tertiary/aromatic N) is 1. The summed E-state index contributed by atoms with van der Waals surface area (Å²) in [6.45, 7) is 10.3. The van der Waals surface area contributed by atoms with Crippen LogP contribution in [0.25, 0.3) is 0 Å². The van der Waals surface area contributed by atoms with Gasteiger partial charge in [-0.25, -0.2) is 14.0 Å². The van der Waals surface area contributed by atoms with Crippen molar-refractivity contribution in [3.05, 3.63) is 120 Å². The van der Waals surface area contributed by atoms with Crippen LogP contribution in [-0.4, -0.2) is 75.5 Å². The minimum absolute atomic E-state index is 0.0276. The first-order valence-corrected chi connectivity index (χ1v) is 19.4. The molecular weight excluding hydrogens is 682 g/mol. The Hall–Kier alpha value is -4.71. The molecule has 4 aromatic rings.